The molecule has 1 saturated heterocycles. The quantitative estimate of drug-likeness (QED) is 0.854. The molecule has 0 bridgehead atoms. The number of hydrogen-bond donors (Lipinski definition) is 1. The van der Waals surface area contributed by atoms with E-state index in [0.717, 1.165) is 38.5 Å². The minimum Gasteiger partial charge on any atom is -0.492 e. The Morgan fingerprint density at radius 1 is 1.08 bits per heavy atom. The summed E-state index contributed by atoms with van der Waals surface area (Å²) in [6, 6.07) is 8.50. The lowest BCUT2D eigenvalue weighted by atomic mass is 9.84. The minimum atomic E-state index is -0.702. The van der Waals surface area contributed by atoms with E-state index in [-0.39, 0.29) is 25.1 Å². The van der Waals surface area contributed by atoms with E-state index in [1.54, 1.807) is 24.3 Å². The lowest BCUT2D eigenvalue weighted by Gasteiger charge is -2.28. The number of urea groups is 1. The van der Waals surface area contributed by atoms with Crippen molar-refractivity contribution in [2.45, 2.75) is 50.5 Å². The van der Waals surface area contributed by atoms with Crippen LogP contribution in [0.15, 0.2) is 24.3 Å². The molecule has 2 fully saturated rings. The lowest BCUT2D eigenvalue weighted by Crippen LogP contribution is -2.47. The van der Waals surface area contributed by atoms with Crippen LogP contribution in [0.3, 0.4) is 0 Å². The van der Waals surface area contributed by atoms with Crippen molar-refractivity contribution in [3.05, 3.63) is 29.8 Å². The molecule has 1 aliphatic heterocycles. The van der Waals surface area contributed by atoms with Gasteiger partial charge in [-0.05, 0) is 37.1 Å². The molecule has 0 radical (unpaired) electrons. The Morgan fingerprint density at radius 2 is 1.72 bits per heavy atom. The zero-order valence-corrected chi connectivity index (χ0v) is 14.3. The van der Waals surface area contributed by atoms with E-state index in [1.807, 2.05) is 6.07 Å². The minimum absolute atomic E-state index is 0.108. The third-order valence-electron chi connectivity index (χ3n) is 5.02. The van der Waals surface area contributed by atoms with Crippen LogP contribution in [-0.4, -0.2) is 35.5 Å². The van der Waals surface area contributed by atoms with Gasteiger partial charge in [0.05, 0.1) is 18.2 Å². The number of nitrogens with zero attached hydrogens (tertiary/aromatic N) is 2. The molecule has 1 heterocycles. The van der Waals surface area contributed by atoms with Crippen molar-refractivity contribution in [2.24, 2.45) is 0 Å². The molecule has 1 spiro atoms. The smallest absolute Gasteiger partial charge is 0.325 e. The van der Waals surface area contributed by atoms with Crippen molar-refractivity contribution in [3.8, 4) is 11.8 Å². The fraction of sp³-hybridized carbons (Fsp3) is 0.526. The van der Waals surface area contributed by atoms with Gasteiger partial charge in [0.2, 0.25) is 0 Å². The molecule has 1 N–H and O–H groups in total. The van der Waals surface area contributed by atoms with Gasteiger partial charge in [-0.2, -0.15) is 5.26 Å². The molecule has 132 valence electrons. The average molecular weight is 341 g/mol. The first kappa shape index (κ1) is 17.3. The lowest BCUT2D eigenvalue weighted by molar-refractivity contribution is -0.132. The number of hydrogen-bond acceptors (Lipinski definition) is 4. The number of carbonyl (C=O) groups excluding carboxylic acids is 2. The summed E-state index contributed by atoms with van der Waals surface area (Å²) in [6.45, 7) is 0.466. The molecule has 1 saturated carbocycles. The van der Waals surface area contributed by atoms with Crippen molar-refractivity contribution in [1.29, 1.82) is 5.26 Å². The van der Waals surface area contributed by atoms with Crippen LogP contribution < -0.4 is 10.1 Å². The number of carbonyl (C=O) groups is 2. The summed E-state index contributed by atoms with van der Waals surface area (Å²) in [4.78, 5) is 26.4. The molecular formula is C19H23N3O3. The van der Waals surface area contributed by atoms with Gasteiger partial charge in [-0.3, -0.25) is 9.69 Å². The third-order valence-corrected chi connectivity index (χ3v) is 5.02. The number of amides is 3. The second-order valence-corrected chi connectivity index (χ2v) is 6.72. The summed E-state index contributed by atoms with van der Waals surface area (Å²) >= 11 is 0. The Bertz CT molecular complexity index is 670. The second kappa shape index (κ2) is 7.56. The zero-order chi connectivity index (χ0) is 17.7. The highest BCUT2D eigenvalue weighted by atomic mass is 16.5. The number of benzene rings is 1. The van der Waals surface area contributed by atoms with Gasteiger partial charge < -0.3 is 10.1 Å². The molecule has 25 heavy (non-hydrogen) atoms. The molecule has 1 aromatic rings. The standard InChI is InChI=1S/C19H23N3O3/c20-14-15-6-8-16(9-7-15)25-13-12-22-17(23)19(21-18(22)24)10-4-2-1-3-5-11-19/h6-9H,1-5,10-13H2,(H,21,24). The highest BCUT2D eigenvalue weighted by Gasteiger charge is 2.50. The Morgan fingerprint density at radius 3 is 2.36 bits per heavy atom. The number of nitriles is 1. The first-order valence-corrected chi connectivity index (χ1v) is 8.92. The summed E-state index contributed by atoms with van der Waals surface area (Å²) in [6.07, 6.45) is 6.85. The van der Waals surface area contributed by atoms with Crippen molar-refractivity contribution in [3.63, 3.8) is 0 Å². The third kappa shape index (κ3) is 3.76. The highest BCUT2D eigenvalue weighted by Crippen LogP contribution is 2.31. The molecule has 1 aliphatic carbocycles. The van der Waals surface area contributed by atoms with Crippen LogP contribution in [0.25, 0.3) is 0 Å². The predicted octanol–water partition coefficient (Wildman–Crippen LogP) is 2.97. The summed E-state index contributed by atoms with van der Waals surface area (Å²) in [7, 11) is 0. The Hall–Kier alpha value is -2.55. The SMILES string of the molecule is N#Cc1ccc(OCCN2C(=O)NC3(CCCCCCC3)C2=O)cc1. The normalized spacial score (nSPS) is 19.9. The first-order chi connectivity index (χ1) is 12.1. The van der Waals surface area contributed by atoms with Gasteiger partial charge in [0.1, 0.15) is 17.9 Å². The van der Waals surface area contributed by atoms with E-state index >= 15 is 0 Å². The Kier molecular flexibility index (Phi) is 5.22. The fourth-order valence-corrected chi connectivity index (χ4v) is 3.61. The van der Waals surface area contributed by atoms with Gasteiger partial charge in [-0.25, -0.2) is 4.79 Å². The molecule has 6 nitrogen and oxygen atoms in total. The Labute approximate surface area is 147 Å². The van der Waals surface area contributed by atoms with Crippen LogP contribution in [0.4, 0.5) is 4.79 Å². The number of rotatable bonds is 4. The maximum Gasteiger partial charge on any atom is 0.325 e. The van der Waals surface area contributed by atoms with E-state index in [9.17, 15) is 9.59 Å². The molecule has 0 aromatic heterocycles. The van der Waals surface area contributed by atoms with Gasteiger partial charge in [0.15, 0.2) is 0 Å². The maximum absolute atomic E-state index is 12.8. The van der Waals surface area contributed by atoms with Crippen LogP contribution in [0.1, 0.15) is 50.5 Å². The van der Waals surface area contributed by atoms with E-state index in [1.165, 1.54) is 11.3 Å². The molecule has 6 heteroatoms. The van der Waals surface area contributed by atoms with Crippen molar-refractivity contribution in [2.75, 3.05) is 13.2 Å². The topological polar surface area (TPSA) is 82.4 Å². The van der Waals surface area contributed by atoms with Gasteiger partial charge in [-0.15, -0.1) is 0 Å². The summed E-state index contributed by atoms with van der Waals surface area (Å²) in [5.41, 5.74) is -0.140. The van der Waals surface area contributed by atoms with Crippen LogP contribution in [0.5, 0.6) is 5.75 Å². The monoisotopic (exact) mass is 341 g/mol. The van der Waals surface area contributed by atoms with E-state index in [4.69, 9.17) is 10.00 Å². The number of nitrogens with one attached hydrogen (secondary N) is 1. The van der Waals surface area contributed by atoms with E-state index in [2.05, 4.69) is 5.32 Å². The summed E-state index contributed by atoms with van der Waals surface area (Å²) < 4.78 is 5.60. The van der Waals surface area contributed by atoms with E-state index in [0.29, 0.717) is 11.3 Å². The number of imide groups is 1. The molecule has 3 amide bonds. The van der Waals surface area contributed by atoms with Crippen LogP contribution in [0, 0.1) is 11.3 Å². The molecular weight excluding hydrogens is 318 g/mol. The average Bonchev–Trinajstić information content (AvgIpc) is 2.84. The maximum atomic E-state index is 12.8. The molecule has 0 unspecified atom stereocenters. The first-order valence-electron chi connectivity index (χ1n) is 8.92. The highest BCUT2D eigenvalue weighted by molar-refractivity contribution is 6.07. The van der Waals surface area contributed by atoms with Crippen molar-refractivity contribution in [1.82, 2.24) is 10.2 Å². The second-order valence-electron chi connectivity index (χ2n) is 6.72. The molecule has 3 rings (SSSR count). The van der Waals surface area contributed by atoms with Crippen LogP contribution >= 0.6 is 0 Å². The van der Waals surface area contributed by atoms with E-state index < -0.39 is 5.54 Å². The largest absolute Gasteiger partial charge is 0.492 e. The molecule has 0 atom stereocenters. The van der Waals surface area contributed by atoms with Gasteiger partial charge >= 0.3 is 6.03 Å². The molecule has 2 aliphatic rings. The van der Waals surface area contributed by atoms with Crippen molar-refractivity contribution < 1.29 is 14.3 Å². The number of ether oxygens (including phenoxy) is 1. The predicted molar refractivity (Wildman–Crippen MR) is 91.9 cm³/mol. The van der Waals surface area contributed by atoms with Crippen molar-refractivity contribution >= 4 is 11.9 Å². The van der Waals surface area contributed by atoms with Gasteiger partial charge in [-0.1, -0.05) is 32.1 Å². The van der Waals surface area contributed by atoms with Gasteiger partial charge in [0, 0.05) is 0 Å². The summed E-state index contributed by atoms with van der Waals surface area (Å²) in [5.74, 6) is 0.509. The van der Waals surface area contributed by atoms with Crippen LogP contribution in [0.2, 0.25) is 0 Å². The Balaban J connectivity index is 1.57. The van der Waals surface area contributed by atoms with Gasteiger partial charge in [0.25, 0.3) is 5.91 Å². The summed E-state index contributed by atoms with van der Waals surface area (Å²) in [5, 5.41) is 11.7. The molecule has 1 aromatic carbocycles. The fourth-order valence-electron chi connectivity index (χ4n) is 3.61. The van der Waals surface area contributed by atoms with Crippen LogP contribution in [-0.2, 0) is 4.79 Å². The zero-order valence-electron chi connectivity index (χ0n) is 14.3.